The summed E-state index contributed by atoms with van der Waals surface area (Å²) in [6.07, 6.45) is 6.29. The highest BCUT2D eigenvalue weighted by molar-refractivity contribution is 5.89. The lowest BCUT2D eigenvalue weighted by atomic mass is 9.90. The molecule has 0 bridgehead atoms. The van der Waals surface area contributed by atoms with Crippen molar-refractivity contribution in [1.29, 1.82) is 0 Å². The first kappa shape index (κ1) is 14.3. The lowest BCUT2D eigenvalue weighted by Gasteiger charge is -2.28. The lowest BCUT2D eigenvalue weighted by Crippen LogP contribution is -2.49. The number of hydrogen-bond acceptors (Lipinski definition) is 3. The molecule has 1 aliphatic heterocycles. The molecular weight excluding hydrogens is 244 g/mol. The molecule has 1 heterocycles. The summed E-state index contributed by atoms with van der Waals surface area (Å²) < 4.78 is 0. The maximum Gasteiger partial charge on any atom is 0.407 e. The van der Waals surface area contributed by atoms with Crippen LogP contribution in [0.25, 0.3) is 0 Å². The Hall–Kier alpha value is -1.10. The number of nitrogens with zero attached hydrogens (tertiary/aromatic N) is 1. The van der Waals surface area contributed by atoms with Crippen molar-refractivity contribution in [2.45, 2.75) is 51.0 Å². The van der Waals surface area contributed by atoms with Crippen LogP contribution >= 0.6 is 0 Å². The van der Waals surface area contributed by atoms with Gasteiger partial charge in [0.1, 0.15) is 6.04 Å². The summed E-state index contributed by atoms with van der Waals surface area (Å²) in [4.78, 5) is 25.3. The van der Waals surface area contributed by atoms with E-state index in [9.17, 15) is 14.7 Å². The molecule has 1 amide bonds. The highest BCUT2D eigenvalue weighted by Gasteiger charge is 2.34. The first-order valence-corrected chi connectivity index (χ1v) is 7.44. The highest BCUT2D eigenvalue weighted by Crippen LogP contribution is 2.26. The van der Waals surface area contributed by atoms with E-state index in [-0.39, 0.29) is 11.7 Å². The van der Waals surface area contributed by atoms with Crippen molar-refractivity contribution >= 4 is 11.9 Å². The molecule has 0 aromatic heterocycles. The second-order valence-corrected chi connectivity index (χ2v) is 5.64. The molecule has 2 aliphatic rings. The summed E-state index contributed by atoms with van der Waals surface area (Å²) in [5, 5.41) is 12.5. The van der Waals surface area contributed by atoms with E-state index in [4.69, 9.17) is 0 Å². The summed E-state index contributed by atoms with van der Waals surface area (Å²) in [6.45, 7) is 1.73. The van der Waals surface area contributed by atoms with Gasteiger partial charge in [0.05, 0.1) is 0 Å². The van der Waals surface area contributed by atoms with E-state index in [2.05, 4.69) is 5.32 Å². The third kappa shape index (κ3) is 3.69. The van der Waals surface area contributed by atoms with Gasteiger partial charge < -0.3 is 10.4 Å². The molecule has 2 N–H and O–H groups in total. The van der Waals surface area contributed by atoms with E-state index >= 15 is 0 Å². The third-order valence-corrected chi connectivity index (χ3v) is 4.30. The zero-order valence-corrected chi connectivity index (χ0v) is 11.4. The Labute approximate surface area is 114 Å². The predicted octanol–water partition coefficient (Wildman–Crippen LogP) is 1.87. The number of hydrogen-bond donors (Lipinski definition) is 2. The van der Waals surface area contributed by atoms with Crippen LogP contribution in [0.4, 0.5) is 4.79 Å². The van der Waals surface area contributed by atoms with Gasteiger partial charge in [-0.2, -0.15) is 0 Å². The minimum atomic E-state index is -0.962. The van der Waals surface area contributed by atoms with Crippen molar-refractivity contribution in [2.24, 2.45) is 5.92 Å². The maximum absolute atomic E-state index is 12.6. The van der Waals surface area contributed by atoms with Crippen molar-refractivity contribution < 1.29 is 14.7 Å². The van der Waals surface area contributed by atoms with Crippen molar-refractivity contribution in [2.75, 3.05) is 19.6 Å². The molecule has 0 radical (unpaired) electrons. The van der Waals surface area contributed by atoms with Crippen molar-refractivity contribution in [1.82, 2.24) is 10.2 Å². The first-order valence-electron chi connectivity index (χ1n) is 7.44. The summed E-state index contributed by atoms with van der Waals surface area (Å²) in [6, 6.07) is -0.483. The number of ketones is 1. The van der Waals surface area contributed by atoms with Crippen LogP contribution < -0.4 is 5.32 Å². The molecule has 1 aliphatic carbocycles. The van der Waals surface area contributed by atoms with Crippen LogP contribution in [0.1, 0.15) is 44.9 Å². The Morgan fingerprint density at radius 1 is 1.05 bits per heavy atom. The number of carboxylic acid groups (broad SMARTS) is 1. The van der Waals surface area contributed by atoms with Crippen LogP contribution in [0, 0.1) is 5.92 Å². The van der Waals surface area contributed by atoms with Gasteiger partial charge in [-0.05, 0) is 25.8 Å². The Kier molecular flexibility index (Phi) is 5.19. The van der Waals surface area contributed by atoms with Gasteiger partial charge in [0.2, 0.25) is 0 Å². The first-order chi connectivity index (χ1) is 9.20. The SMILES string of the molecule is O=C(C1CCCCCC1)C1CNCCCN1C(=O)O. The summed E-state index contributed by atoms with van der Waals surface area (Å²) in [7, 11) is 0. The fourth-order valence-corrected chi connectivity index (χ4v) is 3.20. The molecule has 1 unspecified atom stereocenters. The van der Waals surface area contributed by atoms with Gasteiger partial charge in [-0.25, -0.2) is 4.79 Å². The number of rotatable bonds is 2. The monoisotopic (exact) mass is 268 g/mol. The van der Waals surface area contributed by atoms with Crippen LogP contribution in [0.3, 0.4) is 0 Å². The molecule has 1 atom stereocenters. The van der Waals surface area contributed by atoms with Gasteiger partial charge in [0.25, 0.3) is 0 Å². The quantitative estimate of drug-likeness (QED) is 0.750. The smallest absolute Gasteiger partial charge is 0.407 e. The average Bonchev–Trinajstić information content (AvgIpc) is 2.80. The molecule has 0 spiro atoms. The van der Waals surface area contributed by atoms with E-state index in [0.29, 0.717) is 13.1 Å². The maximum atomic E-state index is 12.6. The number of nitrogens with one attached hydrogen (secondary N) is 1. The van der Waals surface area contributed by atoms with Gasteiger partial charge >= 0.3 is 6.09 Å². The molecular formula is C14H24N2O3. The Morgan fingerprint density at radius 3 is 2.37 bits per heavy atom. The summed E-state index contributed by atoms with van der Waals surface area (Å²) >= 11 is 0. The molecule has 0 aromatic carbocycles. The summed E-state index contributed by atoms with van der Waals surface area (Å²) in [5.41, 5.74) is 0. The van der Waals surface area contributed by atoms with E-state index in [1.54, 1.807) is 0 Å². The minimum Gasteiger partial charge on any atom is -0.465 e. The number of carbonyl (C=O) groups excluding carboxylic acids is 1. The van der Waals surface area contributed by atoms with Crippen LogP contribution in [0.2, 0.25) is 0 Å². The predicted molar refractivity (Wildman–Crippen MR) is 72.2 cm³/mol. The largest absolute Gasteiger partial charge is 0.465 e. The molecule has 108 valence electrons. The molecule has 0 aromatic rings. The van der Waals surface area contributed by atoms with Crippen molar-refractivity contribution in [3.63, 3.8) is 0 Å². The van der Waals surface area contributed by atoms with Gasteiger partial charge in [-0.1, -0.05) is 25.7 Å². The highest BCUT2D eigenvalue weighted by atomic mass is 16.4. The molecule has 1 saturated heterocycles. The zero-order valence-electron chi connectivity index (χ0n) is 11.4. The topological polar surface area (TPSA) is 69.6 Å². The molecule has 2 fully saturated rings. The lowest BCUT2D eigenvalue weighted by molar-refractivity contribution is -0.127. The molecule has 5 nitrogen and oxygen atoms in total. The van der Waals surface area contributed by atoms with Crippen LogP contribution in [0.15, 0.2) is 0 Å². The van der Waals surface area contributed by atoms with Crippen molar-refractivity contribution in [3.05, 3.63) is 0 Å². The summed E-state index contributed by atoms with van der Waals surface area (Å²) in [5.74, 6) is 0.202. The average molecular weight is 268 g/mol. The van der Waals surface area contributed by atoms with Crippen LogP contribution in [-0.4, -0.2) is 47.6 Å². The molecule has 19 heavy (non-hydrogen) atoms. The third-order valence-electron chi connectivity index (χ3n) is 4.30. The Balaban J connectivity index is 2.06. The van der Waals surface area contributed by atoms with Gasteiger partial charge in [0, 0.05) is 19.0 Å². The van der Waals surface area contributed by atoms with Crippen LogP contribution in [0.5, 0.6) is 0 Å². The molecule has 1 saturated carbocycles. The second-order valence-electron chi connectivity index (χ2n) is 5.64. The van der Waals surface area contributed by atoms with Gasteiger partial charge in [-0.15, -0.1) is 0 Å². The van der Waals surface area contributed by atoms with E-state index in [1.807, 2.05) is 0 Å². The Morgan fingerprint density at radius 2 is 1.74 bits per heavy atom. The molecule has 5 heteroatoms. The second kappa shape index (κ2) is 6.89. The minimum absolute atomic E-state index is 0.0641. The normalized spacial score (nSPS) is 26.5. The number of amides is 1. The standard InChI is InChI=1S/C14H24N2O3/c17-13(11-6-3-1-2-4-7-11)12-10-15-8-5-9-16(12)14(18)19/h11-12,15H,1-10H2,(H,18,19). The van der Waals surface area contributed by atoms with Gasteiger partial charge in [0.15, 0.2) is 5.78 Å². The Bertz CT molecular complexity index is 325. The van der Waals surface area contributed by atoms with Crippen LogP contribution in [-0.2, 0) is 4.79 Å². The number of carbonyl (C=O) groups is 2. The van der Waals surface area contributed by atoms with E-state index in [1.165, 1.54) is 17.7 Å². The number of Topliss-reactive ketones (excluding diaryl/α,β-unsaturated/α-hetero) is 1. The van der Waals surface area contributed by atoms with E-state index < -0.39 is 12.1 Å². The van der Waals surface area contributed by atoms with E-state index in [0.717, 1.165) is 38.6 Å². The fourth-order valence-electron chi connectivity index (χ4n) is 3.20. The zero-order chi connectivity index (χ0) is 13.7. The molecule has 2 rings (SSSR count). The fraction of sp³-hybridized carbons (Fsp3) is 0.857. The van der Waals surface area contributed by atoms with Gasteiger partial charge in [-0.3, -0.25) is 9.69 Å². The van der Waals surface area contributed by atoms with Crippen molar-refractivity contribution in [3.8, 4) is 0 Å².